The van der Waals surface area contributed by atoms with Gasteiger partial charge in [-0.15, -0.1) is 0 Å². The first-order valence-corrected chi connectivity index (χ1v) is 8.41. The molecule has 1 aliphatic heterocycles. The largest absolute Gasteiger partial charge is 0.493 e. The molecule has 4 rings (SSSR count). The fraction of sp³-hybridized carbons (Fsp3) is 0.167. The summed E-state index contributed by atoms with van der Waals surface area (Å²) < 4.78 is 20.3. The lowest BCUT2D eigenvalue weighted by Crippen LogP contribution is -2.32. The van der Waals surface area contributed by atoms with Gasteiger partial charge in [-0.1, -0.05) is 22.0 Å². The van der Waals surface area contributed by atoms with E-state index in [0.29, 0.717) is 29.6 Å². The minimum Gasteiger partial charge on any atom is -0.493 e. The Morgan fingerprint density at radius 3 is 3.00 bits per heavy atom. The van der Waals surface area contributed by atoms with Gasteiger partial charge in [0.1, 0.15) is 17.3 Å². The number of fused-ring (bicyclic) bond motifs is 2. The Morgan fingerprint density at radius 1 is 1.29 bits per heavy atom. The van der Waals surface area contributed by atoms with Gasteiger partial charge in [-0.2, -0.15) is 0 Å². The predicted molar refractivity (Wildman–Crippen MR) is 92.7 cm³/mol. The van der Waals surface area contributed by atoms with Crippen molar-refractivity contribution in [2.75, 3.05) is 6.61 Å². The molecule has 0 saturated carbocycles. The minimum absolute atomic E-state index is 0.144. The summed E-state index contributed by atoms with van der Waals surface area (Å²) in [7, 11) is 0. The van der Waals surface area contributed by atoms with Crippen LogP contribution in [0.25, 0.3) is 10.9 Å². The number of aromatic nitrogens is 1. The lowest BCUT2D eigenvalue weighted by molar-refractivity contribution is 0.0920. The average molecular weight is 389 g/mol. The first-order valence-electron chi connectivity index (χ1n) is 7.62. The Bertz CT molecular complexity index is 938. The number of rotatable bonds is 2. The lowest BCUT2D eigenvalue weighted by atomic mass is 10.0. The smallest absolute Gasteiger partial charge is 0.268 e. The Morgan fingerprint density at radius 2 is 2.17 bits per heavy atom. The number of H-pyrrole nitrogens is 1. The number of benzene rings is 2. The first kappa shape index (κ1) is 15.2. The molecule has 122 valence electrons. The van der Waals surface area contributed by atoms with Gasteiger partial charge in [0.15, 0.2) is 0 Å². The second-order valence-electron chi connectivity index (χ2n) is 5.73. The van der Waals surface area contributed by atoms with Crippen molar-refractivity contribution in [3.05, 3.63) is 64.0 Å². The van der Waals surface area contributed by atoms with Crippen LogP contribution in [0.1, 0.15) is 28.5 Å². The highest BCUT2D eigenvalue weighted by molar-refractivity contribution is 9.10. The van der Waals surface area contributed by atoms with Crippen molar-refractivity contribution >= 4 is 32.7 Å². The molecule has 1 aromatic heterocycles. The van der Waals surface area contributed by atoms with Crippen LogP contribution in [0.5, 0.6) is 5.75 Å². The molecule has 24 heavy (non-hydrogen) atoms. The van der Waals surface area contributed by atoms with Gasteiger partial charge in [-0.25, -0.2) is 4.39 Å². The lowest BCUT2D eigenvalue weighted by Gasteiger charge is -2.26. The van der Waals surface area contributed by atoms with Gasteiger partial charge in [-0.3, -0.25) is 4.79 Å². The molecule has 0 spiro atoms. The van der Waals surface area contributed by atoms with Gasteiger partial charge in [0, 0.05) is 27.4 Å². The summed E-state index contributed by atoms with van der Waals surface area (Å²) in [6.45, 7) is 0.543. The van der Waals surface area contributed by atoms with E-state index in [-0.39, 0.29) is 17.8 Å². The number of hydrogen-bond acceptors (Lipinski definition) is 2. The van der Waals surface area contributed by atoms with Crippen LogP contribution in [0.2, 0.25) is 0 Å². The van der Waals surface area contributed by atoms with E-state index in [0.717, 1.165) is 15.8 Å². The summed E-state index contributed by atoms with van der Waals surface area (Å²) >= 11 is 3.44. The third kappa shape index (κ3) is 2.67. The molecule has 0 aliphatic carbocycles. The molecule has 1 atom stereocenters. The third-order valence-electron chi connectivity index (χ3n) is 4.17. The van der Waals surface area contributed by atoms with Gasteiger partial charge in [0.2, 0.25) is 0 Å². The van der Waals surface area contributed by atoms with Crippen molar-refractivity contribution in [1.29, 1.82) is 0 Å². The summed E-state index contributed by atoms with van der Waals surface area (Å²) in [4.78, 5) is 15.5. The number of amides is 1. The molecule has 1 amide bonds. The molecule has 2 N–H and O–H groups in total. The monoisotopic (exact) mass is 388 g/mol. The molecule has 6 heteroatoms. The zero-order valence-corrected chi connectivity index (χ0v) is 14.2. The second-order valence-corrected chi connectivity index (χ2v) is 6.65. The van der Waals surface area contributed by atoms with Gasteiger partial charge < -0.3 is 15.0 Å². The number of nitrogens with one attached hydrogen (secondary N) is 2. The van der Waals surface area contributed by atoms with Crippen LogP contribution < -0.4 is 10.1 Å². The maximum absolute atomic E-state index is 13.8. The molecular weight excluding hydrogens is 375 g/mol. The van der Waals surface area contributed by atoms with Crippen LogP contribution >= 0.6 is 15.9 Å². The zero-order valence-electron chi connectivity index (χ0n) is 12.6. The second kappa shape index (κ2) is 5.94. The molecule has 0 fully saturated rings. The van der Waals surface area contributed by atoms with Crippen LogP contribution in [0, 0.1) is 5.82 Å². The van der Waals surface area contributed by atoms with Crippen molar-refractivity contribution in [2.24, 2.45) is 0 Å². The number of carbonyl (C=O) groups excluding carboxylic acids is 1. The van der Waals surface area contributed by atoms with Crippen LogP contribution in [0.4, 0.5) is 4.39 Å². The van der Waals surface area contributed by atoms with Gasteiger partial charge in [0.25, 0.3) is 5.91 Å². The molecule has 0 radical (unpaired) electrons. The molecule has 1 aliphatic rings. The molecule has 0 bridgehead atoms. The van der Waals surface area contributed by atoms with Crippen molar-refractivity contribution in [1.82, 2.24) is 10.3 Å². The Balaban J connectivity index is 1.62. The molecule has 1 unspecified atom stereocenters. The van der Waals surface area contributed by atoms with Crippen molar-refractivity contribution in [2.45, 2.75) is 12.5 Å². The first-order chi connectivity index (χ1) is 11.6. The fourth-order valence-electron chi connectivity index (χ4n) is 2.99. The van der Waals surface area contributed by atoms with E-state index in [1.165, 1.54) is 6.07 Å². The van der Waals surface area contributed by atoms with E-state index in [1.807, 2.05) is 18.2 Å². The number of halogens is 2. The van der Waals surface area contributed by atoms with Crippen molar-refractivity contribution in [3.63, 3.8) is 0 Å². The predicted octanol–water partition coefficient (Wildman–Crippen LogP) is 4.32. The Hall–Kier alpha value is -2.34. The van der Waals surface area contributed by atoms with Crippen molar-refractivity contribution in [3.8, 4) is 5.75 Å². The summed E-state index contributed by atoms with van der Waals surface area (Å²) in [6.07, 6.45) is 0.684. The van der Waals surface area contributed by atoms with E-state index in [4.69, 9.17) is 4.74 Å². The Kier molecular flexibility index (Phi) is 3.76. The summed E-state index contributed by atoms with van der Waals surface area (Å²) in [5, 5.41) is 3.42. The minimum atomic E-state index is -0.344. The molecule has 3 aromatic rings. The number of carbonyl (C=O) groups is 1. The summed E-state index contributed by atoms with van der Waals surface area (Å²) in [6, 6.07) is 11.9. The number of aromatic amines is 1. The molecule has 2 aromatic carbocycles. The molecule has 2 heterocycles. The highest BCUT2D eigenvalue weighted by atomic mass is 79.9. The summed E-state index contributed by atoms with van der Waals surface area (Å²) in [5.41, 5.74) is 1.89. The van der Waals surface area contributed by atoms with Gasteiger partial charge in [-0.05, 0) is 36.4 Å². The van der Waals surface area contributed by atoms with Crippen LogP contribution in [-0.2, 0) is 0 Å². The topological polar surface area (TPSA) is 54.1 Å². The van der Waals surface area contributed by atoms with Crippen LogP contribution in [-0.4, -0.2) is 17.5 Å². The Labute approximate surface area is 146 Å². The quantitative estimate of drug-likeness (QED) is 0.686. The summed E-state index contributed by atoms with van der Waals surface area (Å²) in [5.74, 6) is 0.170. The SMILES string of the molecule is O=C(NC1CCOc2ccc(Br)cc21)c1cc2c(F)cccc2[nH]1. The fourth-order valence-corrected chi connectivity index (χ4v) is 3.37. The third-order valence-corrected chi connectivity index (χ3v) is 4.67. The van der Waals surface area contributed by atoms with E-state index in [1.54, 1.807) is 18.2 Å². The maximum atomic E-state index is 13.8. The zero-order chi connectivity index (χ0) is 16.7. The number of ether oxygens (including phenoxy) is 1. The van der Waals surface area contributed by atoms with Crippen molar-refractivity contribution < 1.29 is 13.9 Å². The average Bonchev–Trinajstić information content (AvgIpc) is 3.01. The van der Waals surface area contributed by atoms with Gasteiger partial charge >= 0.3 is 0 Å². The van der Waals surface area contributed by atoms with Crippen LogP contribution in [0.3, 0.4) is 0 Å². The van der Waals surface area contributed by atoms with E-state index in [9.17, 15) is 9.18 Å². The van der Waals surface area contributed by atoms with Crippen LogP contribution in [0.15, 0.2) is 46.9 Å². The molecule has 4 nitrogen and oxygen atoms in total. The van der Waals surface area contributed by atoms with E-state index < -0.39 is 0 Å². The normalized spacial score (nSPS) is 16.5. The van der Waals surface area contributed by atoms with E-state index >= 15 is 0 Å². The maximum Gasteiger partial charge on any atom is 0.268 e. The molecular formula is C18H14BrFN2O2. The number of hydrogen-bond donors (Lipinski definition) is 2. The standard InChI is InChI=1S/C18H14BrFN2O2/c19-10-4-5-17-12(8-10)15(6-7-24-17)22-18(23)16-9-11-13(20)2-1-3-14(11)21-16/h1-5,8-9,15,21H,6-7H2,(H,22,23). The highest BCUT2D eigenvalue weighted by Gasteiger charge is 2.24. The molecule has 0 saturated heterocycles. The van der Waals surface area contributed by atoms with E-state index in [2.05, 4.69) is 26.2 Å². The highest BCUT2D eigenvalue weighted by Crippen LogP contribution is 2.34. The van der Waals surface area contributed by atoms with Gasteiger partial charge in [0.05, 0.1) is 12.6 Å².